The van der Waals surface area contributed by atoms with Crippen LogP contribution in [0.3, 0.4) is 0 Å². The molecule has 0 unspecified atom stereocenters. The molecule has 5 nitrogen and oxygen atoms in total. The summed E-state index contributed by atoms with van der Waals surface area (Å²) in [6.07, 6.45) is 6.88. The molecule has 128 valence electrons. The van der Waals surface area contributed by atoms with Crippen molar-refractivity contribution in [2.24, 2.45) is 0 Å². The molecule has 0 saturated heterocycles. The second-order valence-corrected chi connectivity index (χ2v) is 7.12. The maximum atomic E-state index is 10.5. The van der Waals surface area contributed by atoms with Crippen LogP contribution in [0, 0.1) is 0 Å². The molecule has 0 radical (unpaired) electrons. The molecule has 0 fully saturated rings. The second-order valence-electron chi connectivity index (χ2n) is 6.17. The van der Waals surface area contributed by atoms with Crippen molar-refractivity contribution in [3.8, 4) is 0 Å². The van der Waals surface area contributed by atoms with Gasteiger partial charge in [-0.25, -0.2) is 9.97 Å². The minimum atomic E-state index is -0.738. The Bertz CT molecular complexity index is 699. The first-order valence-electron chi connectivity index (χ1n) is 8.58. The Morgan fingerprint density at radius 3 is 2.92 bits per heavy atom. The maximum Gasteiger partial charge on any atom is 0.303 e. The first-order chi connectivity index (χ1) is 11.7. The Balaban J connectivity index is 1.45. The summed E-state index contributed by atoms with van der Waals surface area (Å²) in [6.45, 7) is 1.02. The van der Waals surface area contributed by atoms with Crippen molar-refractivity contribution in [3.05, 3.63) is 39.5 Å². The number of rotatable bonds is 8. The van der Waals surface area contributed by atoms with Crippen molar-refractivity contribution in [1.29, 1.82) is 0 Å². The molecular weight excluding hydrogens is 322 g/mol. The van der Waals surface area contributed by atoms with Crippen LogP contribution >= 0.6 is 11.3 Å². The lowest BCUT2D eigenvalue weighted by Gasteiger charge is -2.17. The van der Waals surface area contributed by atoms with Gasteiger partial charge in [0.2, 0.25) is 0 Å². The lowest BCUT2D eigenvalue weighted by Crippen LogP contribution is -2.14. The number of carboxylic acids is 1. The number of aryl methyl sites for hydroxylation is 4. The van der Waals surface area contributed by atoms with E-state index in [1.54, 1.807) is 11.3 Å². The summed E-state index contributed by atoms with van der Waals surface area (Å²) in [6, 6.07) is 4.35. The summed E-state index contributed by atoms with van der Waals surface area (Å²) in [5.41, 5.74) is 3.49. The van der Waals surface area contributed by atoms with Crippen LogP contribution < -0.4 is 5.32 Å². The first kappa shape index (κ1) is 16.9. The van der Waals surface area contributed by atoms with Crippen LogP contribution in [0.1, 0.15) is 47.6 Å². The molecule has 0 aromatic carbocycles. The van der Waals surface area contributed by atoms with Gasteiger partial charge in [-0.2, -0.15) is 0 Å². The van der Waals surface area contributed by atoms with Gasteiger partial charge in [-0.3, -0.25) is 4.79 Å². The van der Waals surface area contributed by atoms with Gasteiger partial charge in [0, 0.05) is 24.0 Å². The van der Waals surface area contributed by atoms with Crippen molar-refractivity contribution in [2.45, 2.75) is 51.4 Å². The van der Waals surface area contributed by atoms with Gasteiger partial charge in [-0.05, 0) is 56.6 Å². The molecule has 2 N–H and O–H groups in total. The molecule has 0 aliphatic carbocycles. The van der Waals surface area contributed by atoms with E-state index in [-0.39, 0.29) is 6.42 Å². The van der Waals surface area contributed by atoms with Gasteiger partial charge >= 0.3 is 5.97 Å². The number of anilines is 1. The molecule has 3 heterocycles. The van der Waals surface area contributed by atoms with E-state index in [0.29, 0.717) is 6.42 Å². The molecular formula is C18H23N3O2S. The summed E-state index contributed by atoms with van der Waals surface area (Å²) in [5.74, 6) is 0.325. The fraction of sp³-hybridized carbons (Fsp3) is 0.500. The lowest BCUT2D eigenvalue weighted by molar-refractivity contribution is -0.137. The zero-order chi connectivity index (χ0) is 16.8. The minimum absolute atomic E-state index is 0.213. The highest BCUT2D eigenvalue weighted by Gasteiger charge is 2.10. The van der Waals surface area contributed by atoms with Crippen LogP contribution in [0.5, 0.6) is 0 Å². The Labute approximate surface area is 146 Å². The van der Waals surface area contributed by atoms with Gasteiger partial charge < -0.3 is 10.4 Å². The summed E-state index contributed by atoms with van der Waals surface area (Å²) in [7, 11) is 0. The zero-order valence-electron chi connectivity index (χ0n) is 13.8. The number of hydrogen-bond donors (Lipinski definition) is 2. The average molecular weight is 345 g/mol. The number of nitrogens with zero attached hydrogens (tertiary/aromatic N) is 2. The van der Waals surface area contributed by atoms with Crippen LogP contribution in [0.25, 0.3) is 0 Å². The van der Waals surface area contributed by atoms with E-state index in [1.807, 2.05) is 0 Å². The summed E-state index contributed by atoms with van der Waals surface area (Å²) < 4.78 is 0. The van der Waals surface area contributed by atoms with Crippen LogP contribution in [0.15, 0.2) is 17.5 Å². The van der Waals surface area contributed by atoms with E-state index in [2.05, 4.69) is 27.8 Å². The molecule has 6 heteroatoms. The predicted molar refractivity (Wildman–Crippen MR) is 95.8 cm³/mol. The monoisotopic (exact) mass is 345 g/mol. The summed E-state index contributed by atoms with van der Waals surface area (Å²) in [4.78, 5) is 19.9. The molecule has 3 rings (SSSR count). The third-order valence-electron chi connectivity index (χ3n) is 4.20. The van der Waals surface area contributed by atoms with Crippen LogP contribution in [-0.2, 0) is 30.5 Å². The average Bonchev–Trinajstić information content (AvgIpc) is 3.02. The maximum absolute atomic E-state index is 10.5. The van der Waals surface area contributed by atoms with Gasteiger partial charge in [-0.1, -0.05) is 6.07 Å². The highest BCUT2D eigenvalue weighted by molar-refractivity contribution is 7.09. The molecule has 0 saturated carbocycles. The summed E-state index contributed by atoms with van der Waals surface area (Å²) in [5, 5.41) is 15.2. The highest BCUT2D eigenvalue weighted by Crippen LogP contribution is 2.21. The third-order valence-corrected chi connectivity index (χ3v) is 5.16. The Morgan fingerprint density at radius 2 is 2.04 bits per heavy atom. The Morgan fingerprint density at radius 1 is 1.17 bits per heavy atom. The number of fused-ring (bicyclic) bond motifs is 1. The molecule has 0 bridgehead atoms. The fourth-order valence-corrected chi connectivity index (χ4v) is 3.80. The van der Waals surface area contributed by atoms with Crippen LogP contribution in [-0.4, -0.2) is 27.6 Å². The SMILES string of the molecule is O=C(O)CCCc1csc(CCCc2ccc3c(n2)NCCC3)n1. The molecule has 24 heavy (non-hydrogen) atoms. The Hall–Kier alpha value is -1.95. The number of hydrogen-bond acceptors (Lipinski definition) is 5. The molecule has 1 aliphatic rings. The van der Waals surface area contributed by atoms with Crippen LogP contribution in [0.2, 0.25) is 0 Å². The first-order valence-corrected chi connectivity index (χ1v) is 9.46. The minimum Gasteiger partial charge on any atom is -0.481 e. The van der Waals surface area contributed by atoms with Gasteiger partial charge in [0.05, 0.1) is 10.7 Å². The smallest absolute Gasteiger partial charge is 0.303 e. The molecule has 1 aliphatic heterocycles. The quantitative estimate of drug-likeness (QED) is 0.766. The third kappa shape index (κ3) is 4.77. The number of aliphatic carboxylic acids is 1. The highest BCUT2D eigenvalue weighted by atomic mass is 32.1. The number of nitrogens with one attached hydrogen (secondary N) is 1. The van der Waals surface area contributed by atoms with Crippen LogP contribution in [0.4, 0.5) is 5.82 Å². The van der Waals surface area contributed by atoms with Gasteiger partial charge in [-0.15, -0.1) is 11.3 Å². The van der Waals surface area contributed by atoms with Crippen molar-refractivity contribution < 1.29 is 9.90 Å². The molecule has 0 spiro atoms. The lowest BCUT2D eigenvalue weighted by atomic mass is 10.1. The van der Waals surface area contributed by atoms with E-state index in [9.17, 15) is 4.79 Å². The van der Waals surface area contributed by atoms with Crippen molar-refractivity contribution in [1.82, 2.24) is 9.97 Å². The Kier molecular flexibility index (Phi) is 5.80. The van der Waals surface area contributed by atoms with Crippen molar-refractivity contribution in [3.63, 3.8) is 0 Å². The molecule has 2 aromatic rings. The predicted octanol–water partition coefficient (Wildman–Crippen LogP) is 3.48. The van der Waals surface area contributed by atoms with E-state index in [1.165, 1.54) is 12.0 Å². The van der Waals surface area contributed by atoms with E-state index < -0.39 is 5.97 Å². The zero-order valence-corrected chi connectivity index (χ0v) is 14.6. The van der Waals surface area contributed by atoms with E-state index >= 15 is 0 Å². The summed E-state index contributed by atoms with van der Waals surface area (Å²) >= 11 is 1.68. The normalized spacial score (nSPS) is 13.3. The molecule has 0 atom stereocenters. The second kappa shape index (κ2) is 8.24. The number of carbonyl (C=O) groups is 1. The number of carboxylic acid groups (broad SMARTS) is 1. The fourth-order valence-electron chi connectivity index (χ4n) is 2.93. The number of aromatic nitrogens is 2. The van der Waals surface area contributed by atoms with Gasteiger partial charge in [0.15, 0.2) is 0 Å². The van der Waals surface area contributed by atoms with Gasteiger partial charge in [0.1, 0.15) is 5.82 Å². The molecule has 2 aromatic heterocycles. The van der Waals surface area contributed by atoms with E-state index in [0.717, 1.165) is 60.9 Å². The van der Waals surface area contributed by atoms with Gasteiger partial charge in [0.25, 0.3) is 0 Å². The number of pyridine rings is 1. The molecule has 0 amide bonds. The number of thiazole rings is 1. The van der Waals surface area contributed by atoms with E-state index in [4.69, 9.17) is 10.1 Å². The van der Waals surface area contributed by atoms with Crippen molar-refractivity contribution >= 4 is 23.1 Å². The topological polar surface area (TPSA) is 75.1 Å². The largest absolute Gasteiger partial charge is 0.481 e. The standard InChI is InChI=1S/C18H23N3O2S/c22-17(23)8-2-6-15-12-24-16(20-15)7-1-5-14-10-9-13-4-3-11-19-18(13)21-14/h9-10,12H,1-8,11H2,(H,19,21)(H,22,23). The van der Waals surface area contributed by atoms with Crippen molar-refractivity contribution in [2.75, 3.05) is 11.9 Å².